The van der Waals surface area contributed by atoms with Crippen molar-refractivity contribution in [2.24, 2.45) is 11.8 Å². The molecule has 0 aromatic rings. The third kappa shape index (κ3) is 12.4. The smallest absolute Gasteiger partial charge is 0.306 e. The third-order valence-electron chi connectivity index (χ3n) is 10.2. The van der Waals surface area contributed by atoms with E-state index in [9.17, 15) is 4.79 Å². The van der Waals surface area contributed by atoms with Gasteiger partial charge < -0.3 is 27.8 Å². The van der Waals surface area contributed by atoms with Crippen molar-refractivity contribution < 1.29 is 32.6 Å². The highest BCUT2D eigenvalue weighted by Gasteiger charge is 2.46. The molecule has 0 unspecified atom stereocenters. The summed E-state index contributed by atoms with van der Waals surface area (Å²) in [4.78, 5) is 13.5. The van der Waals surface area contributed by atoms with Gasteiger partial charge in [-0.05, 0) is 74.8 Å². The first-order valence-corrected chi connectivity index (χ1v) is 23.2. The average Bonchev–Trinajstić information content (AvgIpc) is 3.58. The Morgan fingerprint density at radius 1 is 0.870 bits per heavy atom. The van der Waals surface area contributed by atoms with E-state index in [1.807, 2.05) is 26.0 Å². The van der Waals surface area contributed by atoms with Crippen LogP contribution in [0.5, 0.6) is 0 Å². The molecule has 2 saturated heterocycles. The minimum atomic E-state index is -2.20. The number of hydrogen-bond acceptors (Lipinski definition) is 7. The maximum absolute atomic E-state index is 13.5. The molecule has 46 heavy (non-hydrogen) atoms. The molecule has 0 saturated carbocycles. The monoisotopic (exact) mass is 680 g/mol. The van der Waals surface area contributed by atoms with Crippen LogP contribution in [0.4, 0.5) is 0 Å². The number of carbonyl (C=O) groups is 1. The minimum absolute atomic E-state index is 0.00909. The second kappa shape index (κ2) is 16.1. The predicted molar refractivity (Wildman–Crippen MR) is 194 cm³/mol. The highest BCUT2D eigenvalue weighted by Crippen LogP contribution is 2.41. The minimum Gasteiger partial charge on any atom is -0.460 e. The summed E-state index contributed by atoms with van der Waals surface area (Å²) in [5.74, 6) is -0.528. The molecule has 0 spiro atoms. The fraction of sp³-hybridized carbons (Fsp3) is 0.811. The summed E-state index contributed by atoms with van der Waals surface area (Å²) in [6.45, 7) is 39.2. The zero-order chi connectivity index (χ0) is 35.3. The molecule has 0 radical (unpaired) electrons. The largest absolute Gasteiger partial charge is 0.460 e. The lowest BCUT2D eigenvalue weighted by Crippen LogP contribution is -2.49. The number of hydrogen-bond donors (Lipinski definition) is 0. The van der Waals surface area contributed by atoms with Crippen LogP contribution < -0.4 is 0 Å². The second-order valence-corrected chi connectivity index (χ2v) is 26.8. The molecule has 0 bridgehead atoms. The Morgan fingerprint density at radius 3 is 1.96 bits per heavy atom. The normalized spacial score (nSPS) is 26.4. The van der Waals surface area contributed by atoms with Gasteiger partial charge in [0.05, 0.1) is 12.2 Å². The maximum atomic E-state index is 13.5. The molecule has 0 aromatic carbocycles. The highest BCUT2D eigenvalue weighted by atomic mass is 28.4. The van der Waals surface area contributed by atoms with E-state index in [0.717, 1.165) is 12.8 Å². The van der Waals surface area contributed by atoms with Crippen molar-refractivity contribution in [3.05, 3.63) is 37.5 Å². The van der Waals surface area contributed by atoms with Gasteiger partial charge in [-0.1, -0.05) is 79.7 Å². The molecular formula is C37H68O7Si2. The van der Waals surface area contributed by atoms with E-state index < -0.39 is 28.5 Å². The lowest BCUT2D eigenvalue weighted by atomic mass is 9.97. The number of epoxide rings is 1. The van der Waals surface area contributed by atoms with E-state index in [1.54, 1.807) is 6.08 Å². The first-order chi connectivity index (χ1) is 20.9. The van der Waals surface area contributed by atoms with Gasteiger partial charge in [0.1, 0.15) is 24.4 Å². The summed E-state index contributed by atoms with van der Waals surface area (Å²) in [7, 11) is -4.10. The van der Waals surface area contributed by atoms with Crippen LogP contribution in [0.25, 0.3) is 0 Å². The van der Waals surface area contributed by atoms with Gasteiger partial charge in [0.15, 0.2) is 22.4 Å². The molecule has 0 aromatic heterocycles. The van der Waals surface area contributed by atoms with Gasteiger partial charge in [0.2, 0.25) is 0 Å². The van der Waals surface area contributed by atoms with Crippen molar-refractivity contribution in [1.82, 2.24) is 0 Å². The summed E-state index contributed by atoms with van der Waals surface area (Å²) >= 11 is 0. The van der Waals surface area contributed by atoms with Gasteiger partial charge in [-0.2, -0.15) is 0 Å². The number of esters is 1. The Morgan fingerprint density at radius 2 is 1.43 bits per heavy atom. The van der Waals surface area contributed by atoms with Crippen LogP contribution in [-0.4, -0.2) is 71.6 Å². The molecule has 2 rings (SSSR count). The molecule has 2 aliphatic rings. The number of ether oxygens (including phenoxy) is 4. The molecule has 7 nitrogen and oxygen atoms in total. The molecule has 266 valence electrons. The lowest BCUT2D eigenvalue weighted by molar-refractivity contribution is -0.157. The molecule has 2 fully saturated rings. The Bertz CT molecular complexity index is 1040. The summed E-state index contributed by atoms with van der Waals surface area (Å²) in [5, 5.41) is 0.147. The van der Waals surface area contributed by atoms with Crippen LogP contribution in [0.3, 0.4) is 0 Å². The molecule has 0 amide bonds. The van der Waals surface area contributed by atoms with Crippen molar-refractivity contribution in [3.63, 3.8) is 0 Å². The summed E-state index contributed by atoms with van der Waals surface area (Å²) < 4.78 is 37.8. The summed E-state index contributed by atoms with van der Waals surface area (Å²) in [6, 6.07) is 0. The predicted octanol–water partition coefficient (Wildman–Crippen LogP) is 9.36. The zero-order valence-corrected chi connectivity index (χ0v) is 33.7. The Kier molecular flexibility index (Phi) is 14.4. The average molecular weight is 681 g/mol. The SMILES string of the molecule is C=C[C@@H]1OC(C)(C)O[C@H]1/C=C/C[C@H](C)CC(=O)O[C@@H](C[C@@H]1O[C@H]1C=C)[C@H](C[C@@H](C)CO[Si](C)(C)C(C)(C)C)O[Si](C)(C)C(C)(C)C. The lowest BCUT2D eigenvalue weighted by Gasteiger charge is -2.42. The van der Waals surface area contributed by atoms with Crippen molar-refractivity contribution in [2.45, 2.75) is 174 Å². The van der Waals surface area contributed by atoms with Crippen LogP contribution in [0.2, 0.25) is 36.3 Å². The van der Waals surface area contributed by atoms with Gasteiger partial charge in [-0.3, -0.25) is 4.79 Å². The zero-order valence-electron chi connectivity index (χ0n) is 31.7. The van der Waals surface area contributed by atoms with Gasteiger partial charge in [-0.15, -0.1) is 13.2 Å². The van der Waals surface area contributed by atoms with Crippen LogP contribution in [0, 0.1) is 11.8 Å². The first kappa shape index (κ1) is 41.1. The highest BCUT2D eigenvalue weighted by molar-refractivity contribution is 6.74. The van der Waals surface area contributed by atoms with Crippen LogP contribution >= 0.6 is 0 Å². The van der Waals surface area contributed by atoms with E-state index in [4.69, 9.17) is 27.8 Å². The van der Waals surface area contributed by atoms with E-state index in [2.05, 4.69) is 101 Å². The first-order valence-electron chi connectivity index (χ1n) is 17.4. The van der Waals surface area contributed by atoms with Gasteiger partial charge in [0, 0.05) is 19.4 Å². The van der Waals surface area contributed by atoms with Crippen molar-refractivity contribution in [3.8, 4) is 0 Å². The van der Waals surface area contributed by atoms with E-state index in [-0.39, 0.29) is 58.4 Å². The third-order valence-corrected chi connectivity index (χ3v) is 19.2. The summed E-state index contributed by atoms with van der Waals surface area (Å²) in [6.07, 6.45) is 8.96. The van der Waals surface area contributed by atoms with Gasteiger partial charge >= 0.3 is 5.97 Å². The van der Waals surface area contributed by atoms with Gasteiger partial charge in [-0.25, -0.2) is 0 Å². The van der Waals surface area contributed by atoms with Crippen molar-refractivity contribution in [2.75, 3.05) is 6.61 Å². The van der Waals surface area contributed by atoms with Gasteiger partial charge in [0.25, 0.3) is 0 Å². The molecular weight excluding hydrogens is 613 g/mol. The van der Waals surface area contributed by atoms with E-state index >= 15 is 0 Å². The molecule has 0 N–H and O–H groups in total. The molecule has 0 aliphatic carbocycles. The molecule has 2 aliphatic heterocycles. The topological polar surface area (TPSA) is 75.8 Å². The fourth-order valence-corrected chi connectivity index (χ4v) is 7.59. The van der Waals surface area contributed by atoms with Crippen LogP contribution in [-0.2, 0) is 32.6 Å². The van der Waals surface area contributed by atoms with Crippen molar-refractivity contribution >= 4 is 22.6 Å². The number of carbonyl (C=O) groups excluding carboxylic acids is 1. The Hall–Kier alpha value is -1.08. The van der Waals surface area contributed by atoms with E-state index in [0.29, 0.717) is 19.4 Å². The standard InChI is InChI=1S/C37H68O7Si2/c1-17-28-31(40-28)24-32(41-34(38)23-26(3)20-19-21-30-29(18-2)42-37(11,12)43-30)33(44-46(15,16)36(8,9)10)22-27(4)25-39-45(13,14)35(5,6)7/h17-19,21,26-33H,1-2,20,22-25H2,3-16H3/b21-19+/t26-,27+,28-,29-,30-,31-,32-,33-/m0/s1. The second-order valence-electron chi connectivity index (χ2n) is 17.2. The molecule has 2 heterocycles. The maximum Gasteiger partial charge on any atom is 0.306 e. The molecule has 8 atom stereocenters. The quantitative estimate of drug-likeness (QED) is 0.0618. The summed E-state index contributed by atoms with van der Waals surface area (Å²) in [5.41, 5.74) is 0. The van der Waals surface area contributed by atoms with E-state index in [1.165, 1.54) is 0 Å². The van der Waals surface area contributed by atoms with Crippen LogP contribution in [0.1, 0.15) is 94.9 Å². The Balaban J connectivity index is 2.18. The Labute approximate surface area is 284 Å². The number of allylic oxidation sites excluding steroid dienone is 1. The van der Waals surface area contributed by atoms with Crippen molar-refractivity contribution in [1.29, 1.82) is 0 Å². The van der Waals surface area contributed by atoms with Crippen LogP contribution in [0.15, 0.2) is 37.5 Å². The fourth-order valence-electron chi connectivity index (χ4n) is 5.10. The number of rotatable bonds is 18. The molecule has 9 heteroatoms.